The second-order valence-corrected chi connectivity index (χ2v) is 1.91. The normalized spacial score (nSPS) is 29.6. The van der Waals surface area contributed by atoms with Crippen LogP contribution in [0.2, 0.25) is 0 Å². The van der Waals surface area contributed by atoms with Crippen molar-refractivity contribution in [2.45, 2.75) is 18.4 Å². The zero-order chi connectivity index (χ0) is 4.41. The molecule has 0 aliphatic carbocycles. The van der Waals surface area contributed by atoms with Gasteiger partial charge in [0.2, 0.25) is 0 Å². The summed E-state index contributed by atoms with van der Waals surface area (Å²) in [6.45, 7) is 0.855. The summed E-state index contributed by atoms with van der Waals surface area (Å²) >= 11 is 5.49. The Bertz CT molecular complexity index is 43.0. The van der Waals surface area contributed by atoms with Crippen molar-refractivity contribution in [3.63, 3.8) is 0 Å². The van der Waals surface area contributed by atoms with E-state index in [1.807, 2.05) is 0 Å². The first-order valence-electron chi connectivity index (χ1n) is 2.15. The molecule has 1 nitrogen and oxygen atoms in total. The highest BCUT2D eigenvalue weighted by Gasteiger charge is 2.09. The third-order valence-corrected chi connectivity index (χ3v) is 1.22. The fourth-order valence-corrected chi connectivity index (χ4v) is 0.782. The Morgan fingerprint density at radius 3 is 2.43 bits per heavy atom. The Kier molecular flexibility index (Phi) is 3.80. The van der Waals surface area contributed by atoms with Gasteiger partial charge in [-0.1, -0.05) is 11.6 Å². The van der Waals surface area contributed by atoms with E-state index in [2.05, 4.69) is 0 Å². The molecule has 0 N–H and O–H groups in total. The van der Waals surface area contributed by atoms with Gasteiger partial charge in [-0.2, -0.15) is 0 Å². The lowest BCUT2D eigenvalue weighted by Crippen LogP contribution is -1.89. The zero-order valence-electron chi connectivity index (χ0n) is 3.89. The Morgan fingerprint density at radius 2 is 2.29 bits per heavy atom. The summed E-state index contributed by atoms with van der Waals surface area (Å²) < 4.78 is 4.92. The predicted octanol–water partition coefficient (Wildman–Crippen LogP) is 1.78. The number of alkyl halides is 1. The molecule has 1 atom stereocenters. The molecule has 0 amide bonds. The first kappa shape index (κ1) is 7.54. The monoisotopic (exact) mass is 142 g/mol. The van der Waals surface area contributed by atoms with Crippen LogP contribution < -0.4 is 0 Å². The second kappa shape index (κ2) is 3.53. The first-order valence-corrected chi connectivity index (χ1v) is 2.59. The Morgan fingerprint density at radius 1 is 1.57 bits per heavy atom. The molecule has 0 aromatic heterocycles. The van der Waals surface area contributed by atoms with Gasteiger partial charge < -0.3 is 4.74 Å². The third-order valence-electron chi connectivity index (χ3n) is 0.874. The molecule has 7 heavy (non-hydrogen) atoms. The standard InChI is InChI=1S/C4H7ClO.ClH/c5-4-2-1-3-6-4;/h4H,1-3H2;1H. The van der Waals surface area contributed by atoms with Crippen LogP contribution in [-0.4, -0.2) is 12.2 Å². The van der Waals surface area contributed by atoms with Gasteiger partial charge in [-0.25, -0.2) is 0 Å². The number of halogens is 2. The lowest BCUT2D eigenvalue weighted by atomic mass is 10.4. The van der Waals surface area contributed by atoms with E-state index in [-0.39, 0.29) is 18.0 Å². The molecule has 1 saturated heterocycles. The van der Waals surface area contributed by atoms with Crippen molar-refractivity contribution in [3.05, 3.63) is 0 Å². The van der Waals surface area contributed by atoms with E-state index in [1.165, 1.54) is 0 Å². The van der Waals surface area contributed by atoms with E-state index in [0.29, 0.717) is 0 Å². The van der Waals surface area contributed by atoms with Crippen LogP contribution in [0.15, 0.2) is 0 Å². The number of hydrogen-bond acceptors (Lipinski definition) is 1. The molecule has 1 aliphatic heterocycles. The molecular formula is C4H8Cl2O. The van der Waals surface area contributed by atoms with Crippen LogP contribution in [0.4, 0.5) is 0 Å². The summed E-state index contributed by atoms with van der Waals surface area (Å²) in [5.41, 5.74) is 0.0185. The smallest absolute Gasteiger partial charge is 0.131 e. The maximum Gasteiger partial charge on any atom is 0.131 e. The maximum atomic E-state index is 5.49. The van der Waals surface area contributed by atoms with Gasteiger partial charge in [0.1, 0.15) is 5.56 Å². The van der Waals surface area contributed by atoms with E-state index < -0.39 is 0 Å². The first-order chi connectivity index (χ1) is 2.89. The largest absolute Gasteiger partial charge is 0.362 e. The SMILES string of the molecule is Cl.ClC1CCCO1. The fourth-order valence-electron chi connectivity index (χ4n) is 0.538. The van der Waals surface area contributed by atoms with E-state index in [4.69, 9.17) is 16.3 Å². The van der Waals surface area contributed by atoms with Gasteiger partial charge in [0.05, 0.1) is 0 Å². The van der Waals surface area contributed by atoms with Crippen LogP contribution in [0.3, 0.4) is 0 Å². The molecule has 1 aliphatic rings. The molecular weight excluding hydrogens is 135 g/mol. The molecule has 0 bridgehead atoms. The van der Waals surface area contributed by atoms with Crippen LogP contribution in [-0.2, 0) is 4.74 Å². The van der Waals surface area contributed by atoms with E-state index >= 15 is 0 Å². The van der Waals surface area contributed by atoms with Gasteiger partial charge >= 0.3 is 0 Å². The van der Waals surface area contributed by atoms with Crippen molar-refractivity contribution in [1.29, 1.82) is 0 Å². The molecule has 0 spiro atoms. The molecule has 1 fully saturated rings. The minimum absolute atomic E-state index is 0. The average Bonchev–Trinajstić information content (AvgIpc) is 1.86. The molecule has 0 saturated carbocycles. The van der Waals surface area contributed by atoms with Crippen LogP contribution in [0.1, 0.15) is 12.8 Å². The highest BCUT2D eigenvalue weighted by atomic mass is 35.5. The van der Waals surface area contributed by atoms with Crippen LogP contribution in [0.5, 0.6) is 0 Å². The summed E-state index contributed by atoms with van der Waals surface area (Å²) in [5, 5.41) is 0. The molecule has 1 rings (SSSR count). The summed E-state index contributed by atoms with van der Waals surface area (Å²) in [4.78, 5) is 0. The Hall–Kier alpha value is 0.540. The second-order valence-electron chi connectivity index (χ2n) is 1.42. The topological polar surface area (TPSA) is 9.23 Å². The molecule has 1 unspecified atom stereocenters. The van der Waals surface area contributed by atoms with Gasteiger partial charge in [0, 0.05) is 6.61 Å². The summed E-state index contributed by atoms with van der Waals surface area (Å²) in [6, 6.07) is 0. The van der Waals surface area contributed by atoms with Gasteiger partial charge in [-0.3, -0.25) is 0 Å². The third kappa shape index (κ3) is 2.37. The highest BCUT2D eigenvalue weighted by Crippen LogP contribution is 2.14. The van der Waals surface area contributed by atoms with Gasteiger partial charge in [-0.05, 0) is 12.8 Å². The minimum atomic E-state index is 0. The molecule has 3 heteroatoms. The number of rotatable bonds is 0. The van der Waals surface area contributed by atoms with Crippen LogP contribution in [0.25, 0.3) is 0 Å². The molecule has 1 heterocycles. The van der Waals surface area contributed by atoms with Crippen molar-refractivity contribution in [1.82, 2.24) is 0 Å². The lowest BCUT2D eigenvalue weighted by Gasteiger charge is -1.91. The van der Waals surface area contributed by atoms with Crippen molar-refractivity contribution in [2.75, 3.05) is 6.61 Å². The van der Waals surface area contributed by atoms with Crippen molar-refractivity contribution in [2.24, 2.45) is 0 Å². The van der Waals surface area contributed by atoms with E-state index in [1.54, 1.807) is 0 Å². The molecule has 44 valence electrons. The maximum absolute atomic E-state index is 5.49. The zero-order valence-corrected chi connectivity index (χ0v) is 5.47. The minimum Gasteiger partial charge on any atom is -0.362 e. The Balaban J connectivity index is 0.000000360. The summed E-state index contributed by atoms with van der Waals surface area (Å²) in [7, 11) is 0. The highest BCUT2D eigenvalue weighted by molar-refractivity contribution is 6.19. The van der Waals surface area contributed by atoms with Gasteiger partial charge in [0.15, 0.2) is 0 Å². The van der Waals surface area contributed by atoms with Crippen molar-refractivity contribution in [3.8, 4) is 0 Å². The molecule has 0 radical (unpaired) electrons. The predicted molar refractivity (Wildman–Crippen MR) is 32.1 cm³/mol. The van der Waals surface area contributed by atoms with E-state index in [0.717, 1.165) is 19.4 Å². The molecule has 0 aromatic rings. The number of ether oxygens (including phenoxy) is 1. The quantitative estimate of drug-likeness (QED) is 0.469. The average molecular weight is 143 g/mol. The van der Waals surface area contributed by atoms with Crippen LogP contribution in [0, 0.1) is 0 Å². The van der Waals surface area contributed by atoms with E-state index in [9.17, 15) is 0 Å². The summed E-state index contributed by atoms with van der Waals surface area (Å²) in [5.74, 6) is 0. The lowest BCUT2D eigenvalue weighted by molar-refractivity contribution is 0.168. The Labute approximate surface area is 54.4 Å². The summed E-state index contributed by atoms with van der Waals surface area (Å²) in [6.07, 6.45) is 2.16. The van der Waals surface area contributed by atoms with Crippen molar-refractivity contribution >= 4 is 24.0 Å². The van der Waals surface area contributed by atoms with Gasteiger partial charge in [0.25, 0.3) is 0 Å². The fraction of sp³-hybridized carbons (Fsp3) is 1.00. The number of hydrogen-bond donors (Lipinski definition) is 0. The van der Waals surface area contributed by atoms with Gasteiger partial charge in [-0.15, -0.1) is 12.4 Å². The van der Waals surface area contributed by atoms with Crippen LogP contribution >= 0.6 is 24.0 Å². The van der Waals surface area contributed by atoms with Crippen molar-refractivity contribution < 1.29 is 4.74 Å². The molecule has 0 aromatic carbocycles.